The van der Waals surface area contributed by atoms with E-state index in [1.807, 2.05) is 6.92 Å². The number of rotatable bonds is 1. The van der Waals surface area contributed by atoms with Gasteiger partial charge in [0.05, 0.1) is 0 Å². The first-order valence-electron chi connectivity index (χ1n) is 3.25. The van der Waals surface area contributed by atoms with Gasteiger partial charge in [0.15, 0.2) is 0 Å². The minimum atomic E-state index is 0. The van der Waals surface area contributed by atoms with E-state index < -0.39 is 0 Å². The zero-order valence-corrected chi connectivity index (χ0v) is 10.5. The third-order valence-electron chi connectivity index (χ3n) is 1.61. The first-order chi connectivity index (χ1) is 5.15. The van der Waals surface area contributed by atoms with Crippen LogP contribution in [0.5, 0.6) is 0 Å². The van der Waals surface area contributed by atoms with E-state index in [0.29, 0.717) is 16.8 Å². The van der Waals surface area contributed by atoms with Crippen LogP contribution in [-0.2, 0) is 4.79 Å². The fourth-order valence-electron chi connectivity index (χ4n) is 0.936. The Hall–Kier alpha value is 0.196. The monoisotopic (exact) mass is 186 g/mol. The van der Waals surface area contributed by atoms with E-state index in [-0.39, 0.29) is 51.4 Å². The Morgan fingerprint density at radius 2 is 2.08 bits per heavy atom. The van der Waals surface area contributed by atoms with Crippen LogP contribution in [0.2, 0.25) is 0 Å². The van der Waals surface area contributed by atoms with Crippen molar-refractivity contribution in [3.8, 4) is 0 Å². The van der Waals surface area contributed by atoms with Gasteiger partial charge in [-0.1, -0.05) is 6.92 Å². The van der Waals surface area contributed by atoms with Crippen LogP contribution in [0.4, 0.5) is 5.69 Å². The Morgan fingerprint density at radius 1 is 1.50 bits per heavy atom. The average molecular weight is 186 g/mol. The number of aryl methyl sites for hydroxylation is 1. The quantitative estimate of drug-likeness (QED) is 0.320. The molecule has 2 nitrogen and oxygen atoms in total. The summed E-state index contributed by atoms with van der Waals surface area (Å²) in [7, 11) is 0. The number of anilines is 1. The Morgan fingerprint density at radius 3 is 2.58 bits per heavy atom. The summed E-state index contributed by atoms with van der Waals surface area (Å²) in [6, 6.07) is 3.35. The second-order valence-corrected chi connectivity index (χ2v) is 2.47. The molecule has 0 saturated carbocycles. The second-order valence-electron chi connectivity index (χ2n) is 2.47. The number of hydrogen-bond acceptors (Lipinski definition) is 2. The van der Waals surface area contributed by atoms with Crippen LogP contribution in [0.3, 0.4) is 0 Å². The zero-order chi connectivity index (χ0) is 8.43. The largest absolute Gasteiger partial charge is 1.00 e. The average Bonchev–Trinajstić information content (AvgIpc) is 1.96. The summed E-state index contributed by atoms with van der Waals surface area (Å²) in [5.74, 6) is 0. The van der Waals surface area contributed by atoms with Crippen LogP contribution in [0.25, 0.3) is 0 Å². The molecule has 3 heteroatoms. The molecule has 1 rings (SSSR count). The molecule has 0 amide bonds. The van der Waals surface area contributed by atoms with Gasteiger partial charge >= 0.3 is 51.4 Å². The van der Waals surface area contributed by atoms with Crippen molar-refractivity contribution in [3.63, 3.8) is 0 Å². The Kier molecular flexibility index (Phi) is 5.12. The summed E-state index contributed by atoms with van der Waals surface area (Å²) in [5, 5.41) is 0. The maximum Gasteiger partial charge on any atom is 1.00 e. The van der Waals surface area contributed by atoms with Crippen LogP contribution in [0, 0.1) is 13.8 Å². The topological polar surface area (TPSA) is 43.1 Å². The molecule has 0 saturated heterocycles. The fourth-order valence-corrected chi connectivity index (χ4v) is 0.936. The number of nitrogen functional groups attached to an aromatic ring is 1. The van der Waals surface area contributed by atoms with Crippen molar-refractivity contribution < 1.29 is 56.2 Å². The third kappa shape index (κ3) is 2.60. The Bertz CT molecular complexity index is 297. The summed E-state index contributed by atoms with van der Waals surface area (Å²) in [5.41, 5.74) is 8.14. The van der Waals surface area contributed by atoms with Gasteiger partial charge in [-0.15, -0.1) is 6.07 Å². The van der Waals surface area contributed by atoms with E-state index in [2.05, 4.69) is 6.92 Å². The van der Waals surface area contributed by atoms with Gasteiger partial charge in [-0.2, -0.15) is 6.07 Å². The predicted molar refractivity (Wildman–Crippen MR) is 44.8 cm³/mol. The van der Waals surface area contributed by atoms with Gasteiger partial charge in [-0.25, -0.2) is 5.56 Å². The minimum Gasteiger partial charge on any atom is -0.410 e. The maximum atomic E-state index is 10.3. The molecular formula is C9H9KNO-. The summed E-state index contributed by atoms with van der Waals surface area (Å²) in [6.07, 6.45) is 1.78. The first-order valence-corrected chi connectivity index (χ1v) is 3.25. The number of benzene rings is 1. The van der Waals surface area contributed by atoms with Gasteiger partial charge in [0.1, 0.15) is 0 Å². The van der Waals surface area contributed by atoms with Crippen molar-refractivity contribution in [2.75, 3.05) is 5.73 Å². The number of nitrogens with two attached hydrogens (primary N) is 1. The smallest absolute Gasteiger partial charge is 0.410 e. The summed E-state index contributed by atoms with van der Waals surface area (Å²) >= 11 is 0. The first kappa shape index (κ1) is 12.2. The molecule has 0 bridgehead atoms. The molecule has 2 N–H and O–H groups in total. The zero-order valence-electron chi connectivity index (χ0n) is 7.35. The summed E-state index contributed by atoms with van der Waals surface area (Å²) in [4.78, 5) is 10.3. The normalized spacial score (nSPS) is 8.75. The molecule has 0 aromatic heterocycles. The van der Waals surface area contributed by atoms with Crippen LogP contribution < -0.4 is 57.1 Å². The molecule has 0 aliphatic rings. The Labute approximate surface area is 115 Å². The molecule has 0 fully saturated rings. The van der Waals surface area contributed by atoms with Gasteiger partial charge in [0, 0.05) is 0 Å². The molecule has 58 valence electrons. The van der Waals surface area contributed by atoms with Gasteiger partial charge in [-0.05, 0) is 12.0 Å². The molecule has 12 heavy (non-hydrogen) atoms. The molecule has 0 unspecified atom stereocenters. The van der Waals surface area contributed by atoms with Gasteiger partial charge in [0.2, 0.25) is 0 Å². The van der Waals surface area contributed by atoms with Crippen LogP contribution in [-0.4, -0.2) is 6.29 Å². The summed E-state index contributed by atoms with van der Waals surface area (Å²) in [6.45, 7) is 5.57. The molecule has 0 spiro atoms. The predicted octanol–water partition coefficient (Wildman–Crippen LogP) is -1.78. The van der Waals surface area contributed by atoms with E-state index in [1.165, 1.54) is 0 Å². The molecule has 0 aliphatic heterocycles. The van der Waals surface area contributed by atoms with Crippen molar-refractivity contribution in [2.24, 2.45) is 0 Å². The van der Waals surface area contributed by atoms with Crippen LogP contribution in [0.15, 0.2) is 12.1 Å². The standard InChI is InChI=1S/C9H9NO.K/c1-6-3-9(10)4-8(5-11)7(6)2;/h3-4H,2,10H2,1H3;/q-2;+1. The van der Waals surface area contributed by atoms with Crippen LogP contribution >= 0.6 is 0 Å². The van der Waals surface area contributed by atoms with Gasteiger partial charge < -0.3 is 10.5 Å². The molecule has 0 heterocycles. The van der Waals surface area contributed by atoms with Gasteiger partial charge in [-0.3, -0.25) is 18.1 Å². The molecule has 1 aromatic carbocycles. The fraction of sp³-hybridized carbons (Fsp3) is 0.111. The number of hydrogen-bond donors (Lipinski definition) is 1. The van der Waals surface area contributed by atoms with Gasteiger partial charge in [0.25, 0.3) is 0 Å². The maximum absolute atomic E-state index is 10.3. The molecule has 0 atom stereocenters. The third-order valence-corrected chi connectivity index (χ3v) is 1.61. The summed E-state index contributed by atoms with van der Waals surface area (Å²) < 4.78 is 0. The molecule has 1 aromatic rings. The van der Waals surface area contributed by atoms with E-state index in [4.69, 9.17) is 5.73 Å². The van der Waals surface area contributed by atoms with Crippen molar-refractivity contribution >= 4 is 12.0 Å². The molecular weight excluding hydrogens is 177 g/mol. The second kappa shape index (κ2) is 5.04. The Balaban J connectivity index is 0.00000121. The minimum absolute atomic E-state index is 0. The molecule has 0 aliphatic carbocycles. The van der Waals surface area contributed by atoms with E-state index >= 15 is 0 Å². The van der Waals surface area contributed by atoms with Crippen LogP contribution in [0.1, 0.15) is 16.7 Å². The van der Waals surface area contributed by atoms with Crippen molar-refractivity contribution in [2.45, 2.75) is 6.92 Å². The van der Waals surface area contributed by atoms with Crippen molar-refractivity contribution in [3.05, 3.63) is 35.7 Å². The van der Waals surface area contributed by atoms with E-state index in [0.717, 1.165) is 5.56 Å². The van der Waals surface area contributed by atoms with E-state index in [9.17, 15) is 4.79 Å². The number of carbonyl (C=O) groups excluding carboxylic acids is 1. The SMILES string of the molecule is [CH2-]c1c(C)cc(N)cc1[C-]=O.[K+]. The van der Waals surface area contributed by atoms with E-state index in [1.54, 1.807) is 18.4 Å². The van der Waals surface area contributed by atoms with Crippen molar-refractivity contribution in [1.29, 1.82) is 0 Å². The van der Waals surface area contributed by atoms with Crippen molar-refractivity contribution in [1.82, 2.24) is 0 Å². The molecule has 0 radical (unpaired) electrons.